The predicted octanol–water partition coefficient (Wildman–Crippen LogP) is 2.39. The molecule has 1 aliphatic rings. The minimum absolute atomic E-state index is 0.762. The highest BCUT2D eigenvalue weighted by molar-refractivity contribution is 7.99. The Hall–Kier alpha value is 0.270. The molecule has 3 heteroatoms. The van der Waals surface area contributed by atoms with Crippen LogP contribution in [0.4, 0.5) is 0 Å². The van der Waals surface area contributed by atoms with Crippen molar-refractivity contribution < 1.29 is 4.74 Å². The van der Waals surface area contributed by atoms with Gasteiger partial charge in [0.2, 0.25) is 0 Å². The number of ether oxygens (including phenoxy) is 1. The van der Waals surface area contributed by atoms with Crippen LogP contribution in [0.25, 0.3) is 0 Å². The first-order valence-corrected chi connectivity index (χ1v) is 7.15. The fourth-order valence-corrected chi connectivity index (χ4v) is 2.58. The van der Waals surface area contributed by atoms with Crippen LogP contribution in [-0.2, 0) is 4.74 Å². The molecule has 0 amide bonds. The molecule has 1 aliphatic heterocycles. The van der Waals surface area contributed by atoms with E-state index < -0.39 is 0 Å². The molecule has 90 valence electrons. The van der Waals surface area contributed by atoms with E-state index in [1.54, 1.807) is 0 Å². The summed E-state index contributed by atoms with van der Waals surface area (Å²) in [6.45, 7) is 11.1. The van der Waals surface area contributed by atoms with Crippen LogP contribution in [0.5, 0.6) is 0 Å². The summed E-state index contributed by atoms with van der Waals surface area (Å²) >= 11 is 2.07. The SMILES string of the molecule is CC(C)C(C)SCCNCC1CCOC1. The molecule has 0 aromatic heterocycles. The van der Waals surface area contributed by atoms with E-state index in [2.05, 4.69) is 37.8 Å². The monoisotopic (exact) mass is 231 g/mol. The summed E-state index contributed by atoms with van der Waals surface area (Å²) < 4.78 is 5.34. The summed E-state index contributed by atoms with van der Waals surface area (Å²) in [6.07, 6.45) is 1.24. The Labute approximate surface area is 98.5 Å². The second-order valence-corrected chi connectivity index (χ2v) is 6.24. The summed E-state index contributed by atoms with van der Waals surface area (Å²) in [5.41, 5.74) is 0. The zero-order valence-electron chi connectivity index (χ0n) is 10.3. The van der Waals surface area contributed by atoms with Gasteiger partial charge in [0.15, 0.2) is 0 Å². The second-order valence-electron chi connectivity index (χ2n) is 4.75. The normalized spacial score (nSPS) is 23.6. The van der Waals surface area contributed by atoms with Gasteiger partial charge in [-0.25, -0.2) is 0 Å². The van der Waals surface area contributed by atoms with E-state index in [9.17, 15) is 0 Å². The molecule has 1 N–H and O–H groups in total. The van der Waals surface area contributed by atoms with E-state index in [1.807, 2.05) is 0 Å². The van der Waals surface area contributed by atoms with Crippen molar-refractivity contribution in [1.82, 2.24) is 5.32 Å². The van der Waals surface area contributed by atoms with Gasteiger partial charge in [0.1, 0.15) is 0 Å². The van der Waals surface area contributed by atoms with Gasteiger partial charge in [-0.05, 0) is 18.3 Å². The van der Waals surface area contributed by atoms with Crippen molar-refractivity contribution in [3.63, 3.8) is 0 Å². The number of thioether (sulfide) groups is 1. The Morgan fingerprint density at radius 1 is 1.40 bits per heavy atom. The molecule has 0 aromatic carbocycles. The molecule has 1 rings (SSSR count). The molecule has 2 unspecified atom stereocenters. The van der Waals surface area contributed by atoms with Crippen LogP contribution in [-0.4, -0.2) is 37.3 Å². The van der Waals surface area contributed by atoms with Gasteiger partial charge in [-0.3, -0.25) is 0 Å². The van der Waals surface area contributed by atoms with Gasteiger partial charge >= 0.3 is 0 Å². The Morgan fingerprint density at radius 3 is 2.80 bits per heavy atom. The highest BCUT2D eigenvalue weighted by Crippen LogP contribution is 2.17. The molecular weight excluding hydrogens is 206 g/mol. The molecule has 0 radical (unpaired) electrons. The van der Waals surface area contributed by atoms with E-state index in [1.165, 1.54) is 12.2 Å². The number of hydrogen-bond donors (Lipinski definition) is 1. The van der Waals surface area contributed by atoms with E-state index in [-0.39, 0.29) is 0 Å². The standard InChI is InChI=1S/C12H25NOS/c1-10(2)11(3)15-7-5-13-8-12-4-6-14-9-12/h10-13H,4-9H2,1-3H3. The molecule has 1 heterocycles. The molecule has 0 saturated carbocycles. The van der Waals surface area contributed by atoms with Crippen LogP contribution in [0.15, 0.2) is 0 Å². The molecule has 0 aliphatic carbocycles. The summed E-state index contributed by atoms with van der Waals surface area (Å²) in [6, 6.07) is 0. The summed E-state index contributed by atoms with van der Waals surface area (Å²) in [5.74, 6) is 2.78. The zero-order chi connectivity index (χ0) is 11.1. The van der Waals surface area contributed by atoms with Crippen LogP contribution >= 0.6 is 11.8 Å². The van der Waals surface area contributed by atoms with Crippen molar-refractivity contribution in [2.45, 2.75) is 32.4 Å². The summed E-state index contributed by atoms with van der Waals surface area (Å²) in [4.78, 5) is 0. The zero-order valence-corrected chi connectivity index (χ0v) is 11.1. The maximum atomic E-state index is 5.34. The molecule has 0 aromatic rings. The first-order valence-electron chi connectivity index (χ1n) is 6.10. The summed E-state index contributed by atoms with van der Waals surface area (Å²) in [5, 5.41) is 4.30. The Morgan fingerprint density at radius 2 is 2.20 bits per heavy atom. The molecule has 0 bridgehead atoms. The molecule has 1 saturated heterocycles. The fourth-order valence-electron chi connectivity index (χ4n) is 1.56. The topological polar surface area (TPSA) is 21.3 Å². The van der Waals surface area contributed by atoms with Crippen molar-refractivity contribution in [3.8, 4) is 0 Å². The Kier molecular flexibility index (Phi) is 6.69. The number of nitrogens with one attached hydrogen (secondary N) is 1. The third-order valence-electron chi connectivity index (χ3n) is 3.06. The Bertz CT molecular complexity index is 154. The minimum Gasteiger partial charge on any atom is -0.381 e. The lowest BCUT2D eigenvalue weighted by molar-refractivity contribution is 0.185. The van der Waals surface area contributed by atoms with E-state index in [0.29, 0.717) is 0 Å². The van der Waals surface area contributed by atoms with Crippen molar-refractivity contribution in [1.29, 1.82) is 0 Å². The largest absolute Gasteiger partial charge is 0.381 e. The van der Waals surface area contributed by atoms with Crippen LogP contribution < -0.4 is 5.32 Å². The van der Waals surface area contributed by atoms with Crippen molar-refractivity contribution in [3.05, 3.63) is 0 Å². The molecule has 2 nitrogen and oxygen atoms in total. The Balaban J connectivity index is 1.88. The second kappa shape index (κ2) is 7.53. The average molecular weight is 231 g/mol. The fraction of sp³-hybridized carbons (Fsp3) is 1.00. The lowest BCUT2D eigenvalue weighted by Crippen LogP contribution is -2.25. The van der Waals surface area contributed by atoms with Crippen LogP contribution in [0, 0.1) is 11.8 Å². The number of hydrogen-bond acceptors (Lipinski definition) is 3. The molecule has 15 heavy (non-hydrogen) atoms. The van der Waals surface area contributed by atoms with Crippen LogP contribution in [0.1, 0.15) is 27.2 Å². The van der Waals surface area contributed by atoms with Gasteiger partial charge in [-0.1, -0.05) is 20.8 Å². The molecular formula is C12H25NOS. The molecule has 2 atom stereocenters. The van der Waals surface area contributed by atoms with Gasteiger partial charge in [-0.2, -0.15) is 11.8 Å². The molecule has 1 fully saturated rings. The highest BCUT2D eigenvalue weighted by Gasteiger charge is 2.14. The van der Waals surface area contributed by atoms with Gasteiger partial charge in [0.25, 0.3) is 0 Å². The van der Waals surface area contributed by atoms with Crippen molar-refractivity contribution >= 4 is 11.8 Å². The maximum Gasteiger partial charge on any atom is 0.0507 e. The van der Waals surface area contributed by atoms with E-state index >= 15 is 0 Å². The maximum absolute atomic E-state index is 5.34. The van der Waals surface area contributed by atoms with E-state index in [4.69, 9.17) is 4.74 Å². The first kappa shape index (κ1) is 13.3. The predicted molar refractivity (Wildman–Crippen MR) is 68.6 cm³/mol. The van der Waals surface area contributed by atoms with Gasteiger partial charge in [0, 0.05) is 30.7 Å². The van der Waals surface area contributed by atoms with Gasteiger partial charge in [0.05, 0.1) is 6.61 Å². The van der Waals surface area contributed by atoms with E-state index in [0.717, 1.165) is 43.4 Å². The quantitative estimate of drug-likeness (QED) is 0.680. The van der Waals surface area contributed by atoms with Crippen molar-refractivity contribution in [2.24, 2.45) is 11.8 Å². The summed E-state index contributed by atoms with van der Waals surface area (Å²) in [7, 11) is 0. The van der Waals surface area contributed by atoms with Crippen LogP contribution in [0.3, 0.4) is 0 Å². The van der Waals surface area contributed by atoms with Crippen LogP contribution in [0.2, 0.25) is 0 Å². The first-order chi connectivity index (χ1) is 7.20. The average Bonchev–Trinajstić information content (AvgIpc) is 2.69. The van der Waals surface area contributed by atoms with Crippen molar-refractivity contribution in [2.75, 3.05) is 32.1 Å². The minimum atomic E-state index is 0.762. The lowest BCUT2D eigenvalue weighted by Gasteiger charge is -2.15. The third-order valence-corrected chi connectivity index (χ3v) is 4.57. The number of rotatable bonds is 7. The van der Waals surface area contributed by atoms with Gasteiger partial charge < -0.3 is 10.1 Å². The van der Waals surface area contributed by atoms with Gasteiger partial charge in [-0.15, -0.1) is 0 Å². The lowest BCUT2D eigenvalue weighted by atomic mass is 10.1. The third kappa shape index (κ3) is 5.79. The smallest absolute Gasteiger partial charge is 0.0507 e. The molecule has 0 spiro atoms. The highest BCUT2D eigenvalue weighted by atomic mass is 32.2.